The number of ether oxygens (including phenoxy) is 2. The number of nitrogens with one attached hydrogen (secondary N) is 1. The minimum Gasteiger partial charge on any atom is -0.454 e. The van der Waals surface area contributed by atoms with Gasteiger partial charge in [-0.25, -0.2) is 0 Å². The zero-order valence-electron chi connectivity index (χ0n) is 18.0. The first-order chi connectivity index (χ1) is 16.6. The number of rotatable bonds is 7. The number of benzene rings is 3. The van der Waals surface area contributed by atoms with Gasteiger partial charge in [0.15, 0.2) is 11.5 Å². The summed E-state index contributed by atoms with van der Waals surface area (Å²) in [7, 11) is 0. The molecule has 0 radical (unpaired) electrons. The van der Waals surface area contributed by atoms with Crippen molar-refractivity contribution >= 4 is 57.4 Å². The van der Waals surface area contributed by atoms with E-state index in [0.717, 1.165) is 37.9 Å². The third kappa shape index (κ3) is 4.90. The van der Waals surface area contributed by atoms with E-state index < -0.39 is 0 Å². The Labute approximate surface area is 204 Å². The number of thioether (sulfide) groups is 2. The lowest BCUT2D eigenvalue weighted by Gasteiger charge is -2.13. The Morgan fingerprint density at radius 1 is 1.03 bits per heavy atom. The van der Waals surface area contributed by atoms with Gasteiger partial charge >= 0.3 is 0 Å². The van der Waals surface area contributed by atoms with Gasteiger partial charge in [-0.05, 0) is 58.4 Å². The third-order valence-corrected chi connectivity index (χ3v) is 7.22. The van der Waals surface area contributed by atoms with Crippen LogP contribution in [0.2, 0.25) is 0 Å². The number of fused-ring (bicyclic) bond motifs is 2. The van der Waals surface area contributed by atoms with Crippen LogP contribution < -0.4 is 14.8 Å². The average molecular weight is 493 g/mol. The quantitative estimate of drug-likeness (QED) is 0.384. The number of imide groups is 1. The molecule has 0 spiro atoms. The van der Waals surface area contributed by atoms with Crippen LogP contribution in [0.5, 0.6) is 11.5 Å². The van der Waals surface area contributed by atoms with Gasteiger partial charge in [-0.2, -0.15) is 0 Å². The first-order valence-corrected chi connectivity index (χ1v) is 12.4. The lowest BCUT2D eigenvalue weighted by molar-refractivity contribution is -0.123. The van der Waals surface area contributed by atoms with E-state index in [1.165, 1.54) is 11.8 Å². The maximum absolute atomic E-state index is 12.7. The van der Waals surface area contributed by atoms with E-state index in [4.69, 9.17) is 9.47 Å². The monoisotopic (exact) mass is 492 g/mol. The average Bonchev–Trinajstić information content (AvgIpc) is 3.42. The summed E-state index contributed by atoms with van der Waals surface area (Å²) in [5, 5.41) is 4.72. The SMILES string of the molecule is O=C(CSc1ccc2ccccc2c1)NCCN1C(=O)S/C(=C\c2ccc3c(c2)OCO3)C1=O. The van der Waals surface area contributed by atoms with Crippen molar-refractivity contribution in [2.24, 2.45) is 0 Å². The molecule has 9 heteroatoms. The van der Waals surface area contributed by atoms with E-state index in [2.05, 4.69) is 11.4 Å². The molecule has 172 valence electrons. The topological polar surface area (TPSA) is 84.9 Å². The van der Waals surface area contributed by atoms with Crippen molar-refractivity contribution in [2.45, 2.75) is 4.90 Å². The van der Waals surface area contributed by atoms with Gasteiger partial charge < -0.3 is 14.8 Å². The fraction of sp³-hybridized carbons (Fsp3) is 0.160. The largest absolute Gasteiger partial charge is 0.454 e. The van der Waals surface area contributed by atoms with Crippen LogP contribution in [-0.2, 0) is 9.59 Å². The van der Waals surface area contributed by atoms with Crippen molar-refractivity contribution in [3.63, 3.8) is 0 Å². The second-order valence-electron chi connectivity index (χ2n) is 7.59. The zero-order chi connectivity index (χ0) is 23.5. The van der Waals surface area contributed by atoms with Crippen LogP contribution in [0.1, 0.15) is 5.56 Å². The molecular formula is C25H20N2O5S2. The lowest BCUT2D eigenvalue weighted by Crippen LogP contribution is -2.37. The molecule has 1 saturated heterocycles. The second kappa shape index (κ2) is 9.82. The summed E-state index contributed by atoms with van der Waals surface area (Å²) in [6.45, 7) is 0.490. The minimum atomic E-state index is -0.368. The van der Waals surface area contributed by atoms with Gasteiger partial charge in [0.25, 0.3) is 11.1 Å². The first kappa shape index (κ1) is 22.4. The molecule has 0 atom stereocenters. The smallest absolute Gasteiger partial charge is 0.293 e. The van der Waals surface area contributed by atoms with Crippen molar-refractivity contribution < 1.29 is 23.9 Å². The number of hydrogen-bond acceptors (Lipinski definition) is 7. The van der Waals surface area contributed by atoms with Gasteiger partial charge in [0.05, 0.1) is 10.7 Å². The van der Waals surface area contributed by atoms with Crippen molar-refractivity contribution in [1.29, 1.82) is 0 Å². The Morgan fingerprint density at radius 2 is 1.85 bits per heavy atom. The summed E-state index contributed by atoms with van der Waals surface area (Å²) < 4.78 is 10.6. The Kier molecular flexibility index (Phi) is 6.46. The van der Waals surface area contributed by atoms with Gasteiger partial charge in [0, 0.05) is 18.0 Å². The Balaban J connectivity index is 1.11. The number of nitrogens with zero attached hydrogens (tertiary/aromatic N) is 1. The van der Waals surface area contributed by atoms with Crippen molar-refractivity contribution in [1.82, 2.24) is 10.2 Å². The molecule has 0 aliphatic carbocycles. The third-order valence-electron chi connectivity index (χ3n) is 5.32. The highest BCUT2D eigenvalue weighted by Gasteiger charge is 2.34. The summed E-state index contributed by atoms with van der Waals surface area (Å²) in [6, 6.07) is 19.5. The van der Waals surface area contributed by atoms with Crippen LogP contribution >= 0.6 is 23.5 Å². The van der Waals surface area contributed by atoms with Gasteiger partial charge in [0.1, 0.15) is 0 Å². The van der Waals surface area contributed by atoms with Crippen molar-refractivity contribution in [2.75, 3.05) is 25.6 Å². The van der Waals surface area contributed by atoms with Gasteiger partial charge in [0.2, 0.25) is 12.7 Å². The molecule has 3 aromatic rings. The second-order valence-corrected chi connectivity index (χ2v) is 9.64. The normalized spacial score (nSPS) is 16.0. The highest BCUT2D eigenvalue weighted by Crippen LogP contribution is 2.36. The molecule has 3 aromatic carbocycles. The van der Waals surface area contributed by atoms with Crippen LogP contribution in [0.15, 0.2) is 70.5 Å². The van der Waals surface area contributed by atoms with Gasteiger partial charge in [-0.15, -0.1) is 11.8 Å². The molecule has 7 nitrogen and oxygen atoms in total. The van der Waals surface area contributed by atoms with E-state index in [0.29, 0.717) is 16.4 Å². The lowest BCUT2D eigenvalue weighted by atomic mass is 10.1. The maximum atomic E-state index is 12.7. The van der Waals surface area contributed by atoms with E-state index in [-0.39, 0.29) is 42.7 Å². The predicted molar refractivity (Wildman–Crippen MR) is 133 cm³/mol. The van der Waals surface area contributed by atoms with Crippen LogP contribution in [0.3, 0.4) is 0 Å². The zero-order valence-corrected chi connectivity index (χ0v) is 19.6. The Bertz CT molecular complexity index is 1320. The van der Waals surface area contributed by atoms with Crippen LogP contribution in [0.4, 0.5) is 4.79 Å². The number of carbonyl (C=O) groups excluding carboxylic acids is 3. The summed E-state index contributed by atoms with van der Waals surface area (Å²) in [5.74, 6) is 0.995. The molecule has 2 aliphatic heterocycles. The van der Waals surface area contributed by atoms with Crippen LogP contribution in [0.25, 0.3) is 16.8 Å². The molecule has 5 rings (SSSR count). The molecule has 2 aliphatic rings. The first-order valence-electron chi connectivity index (χ1n) is 10.6. The molecule has 0 bridgehead atoms. The maximum Gasteiger partial charge on any atom is 0.293 e. The Hall–Kier alpha value is -3.43. The summed E-state index contributed by atoms with van der Waals surface area (Å²) in [4.78, 5) is 39.8. The Morgan fingerprint density at radius 3 is 2.74 bits per heavy atom. The van der Waals surface area contributed by atoms with E-state index in [1.54, 1.807) is 24.3 Å². The van der Waals surface area contributed by atoms with Crippen molar-refractivity contribution in [3.05, 3.63) is 71.1 Å². The molecule has 0 saturated carbocycles. The highest BCUT2D eigenvalue weighted by atomic mass is 32.2. The fourth-order valence-corrected chi connectivity index (χ4v) is 5.25. The predicted octanol–water partition coefficient (Wildman–Crippen LogP) is 4.51. The number of hydrogen-bond donors (Lipinski definition) is 1. The standard InChI is InChI=1S/C25H20N2O5S2/c28-23(14-33-19-7-6-17-3-1-2-4-18(17)13-19)26-9-10-27-24(29)22(34-25(27)30)12-16-5-8-20-21(11-16)32-15-31-20/h1-8,11-13H,9-10,14-15H2,(H,26,28)/b22-12-. The number of amides is 3. The summed E-state index contributed by atoms with van der Waals surface area (Å²) in [5.41, 5.74) is 0.744. The van der Waals surface area contributed by atoms with Crippen LogP contribution in [0, 0.1) is 0 Å². The summed E-state index contributed by atoms with van der Waals surface area (Å²) in [6.07, 6.45) is 1.66. The van der Waals surface area contributed by atoms with E-state index in [1.807, 2.05) is 36.4 Å². The van der Waals surface area contributed by atoms with Gasteiger partial charge in [-0.3, -0.25) is 19.3 Å². The molecule has 0 unspecified atom stereocenters. The van der Waals surface area contributed by atoms with Crippen molar-refractivity contribution in [3.8, 4) is 11.5 Å². The molecule has 3 amide bonds. The molecule has 1 fully saturated rings. The molecular weight excluding hydrogens is 472 g/mol. The molecule has 1 N–H and O–H groups in total. The van der Waals surface area contributed by atoms with Gasteiger partial charge in [-0.1, -0.05) is 36.4 Å². The minimum absolute atomic E-state index is 0.121. The van der Waals surface area contributed by atoms with E-state index >= 15 is 0 Å². The highest BCUT2D eigenvalue weighted by molar-refractivity contribution is 8.18. The fourth-order valence-electron chi connectivity index (χ4n) is 3.61. The molecule has 0 aromatic heterocycles. The number of carbonyl (C=O) groups is 3. The van der Waals surface area contributed by atoms with E-state index in [9.17, 15) is 14.4 Å². The van der Waals surface area contributed by atoms with Crippen LogP contribution in [-0.4, -0.2) is 47.6 Å². The summed E-state index contributed by atoms with van der Waals surface area (Å²) >= 11 is 2.33. The molecule has 34 heavy (non-hydrogen) atoms. The molecule has 2 heterocycles.